The van der Waals surface area contributed by atoms with E-state index in [1.165, 1.54) is 0 Å². The van der Waals surface area contributed by atoms with Crippen LogP contribution in [0.2, 0.25) is 5.15 Å². The van der Waals surface area contributed by atoms with Gasteiger partial charge in [-0.05, 0) is 59.4 Å². The molecule has 3 aliphatic heterocycles. The van der Waals surface area contributed by atoms with Crippen molar-refractivity contribution in [2.75, 3.05) is 11.4 Å². The van der Waals surface area contributed by atoms with Crippen LogP contribution >= 0.6 is 11.6 Å². The highest BCUT2D eigenvalue weighted by Gasteiger charge is 2.54. The van der Waals surface area contributed by atoms with Crippen molar-refractivity contribution < 1.29 is 18.7 Å². The number of halogens is 2. The van der Waals surface area contributed by atoms with Crippen LogP contribution in [-0.2, 0) is 4.74 Å². The van der Waals surface area contributed by atoms with Gasteiger partial charge in [-0.15, -0.1) is 0 Å². The second-order valence-corrected chi connectivity index (χ2v) is 10.7. The molecule has 0 aromatic carbocycles. The zero-order valence-electron chi connectivity index (χ0n) is 19.9. The summed E-state index contributed by atoms with van der Waals surface area (Å²) in [6.45, 7) is 12.0. The molecule has 5 rings (SSSR count). The average molecular weight is 477 g/mol. The Morgan fingerprint density at radius 2 is 1.97 bits per heavy atom. The highest BCUT2D eigenvalue weighted by molar-refractivity contribution is 6.30. The molecule has 2 aromatic rings. The summed E-state index contributed by atoms with van der Waals surface area (Å²) in [6.07, 6.45) is 1.84. The second kappa shape index (κ2) is 7.58. The van der Waals surface area contributed by atoms with Gasteiger partial charge in [-0.25, -0.2) is 14.2 Å². The number of nitrogens with zero attached hydrogens (tertiary/aromatic N) is 4. The first-order valence-electron chi connectivity index (χ1n) is 11.6. The molecule has 2 fully saturated rings. The van der Waals surface area contributed by atoms with Crippen molar-refractivity contribution in [1.29, 1.82) is 0 Å². The van der Waals surface area contributed by atoms with Crippen LogP contribution in [0.5, 0.6) is 5.88 Å². The first-order chi connectivity index (χ1) is 15.5. The normalized spacial score (nSPS) is 26.2. The number of amides is 1. The zero-order chi connectivity index (χ0) is 23.8. The summed E-state index contributed by atoms with van der Waals surface area (Å²) in [6, 6.07) is -0.268. The minimum atomic E-state index is -0.575. The Labute approximate surface area is 198 Å². The lowest BCUT2D eigenvalue weighted by atomic mass is 9.95. The van der Waals surface area contributed by atoms with Gasteiger partial charge in [0.1, 0.15) is 17.5 Å². The largest absolute Gasteiger partial charge is 0.472 e. The fraction of sp³-hybridized carbons (Fsp3) is 0.625. The number of aryl methyl sites for hydroxylation is 2. The molecule has 5 heterocycles. The molecule has 0 saturated carbocycles. The topological polar surface area (TPSA) is 67.8 Å². The maximum Gasteiger partial charge on any atom is 0.410 e. The Bertz CT molecular complexity index is 1140. The van der Waals surface area contributed by atoms with Crippen molar-refractivity contribution in [3.63, 3.8) is 0 Å². The molecule has 1 amide bonds. The number of aromatic nitrogens is 2. The van der Waals surface area contributed by atoms with Crippen molar-refractivity contribution in [2.45, 2.75) is 90.6 Å². The molecule has 0 radical (unpaired) electrons. The molecule has 4 atom stereocenters. The third-order valence-corrected chi connectivity index (χ3v) is 7.36. The van der Waals surface area contributed by atoms with Gasteiger partial charge in [0.25, 0.3) is 0 Å². The van der Waals surface area contributed by atoms with Crippen LogP contribution < -0.4 is 9.64 Å². The molecular formula is C24H30ClFN4O3. The van der Waals surface area contributed by atoms with Crippen LogP contribution in [0.1, 0.15) is 58.2 Å². The van der Waals surface area contributed by atoms with Gasteiger partial charge in [-0.1, -0.05) is 18.5 Å². The first-order valence-corrected chi connectivity index (χ1v) is 12.0. The number of fused-ring (bicyclic) bond motifs is 5. The van der Waals surface area contributed by atoms with Crippen molar-refractivity contribution in [3.05, 3.63) is 22.2 Å². The smallest absolute Gasteiger partial charge is 0.410 e. The third kappa shape index (κ3) is 3.40. The van der Waals surface area contributed by atoms with Crippen molar-refractivity contribution in [2.24, 2.45) is 0 Å². The lowest BCUT2D eigenvalue weighted by Crippen LogP contribution is -2.65. The van der Waals surface area contributed by atoms with Gasteiger partial charge in [0, 0.05) is 17.6 Å². The fourth-order valence-electron chi connectivity index (χ4n) is 5.64. The summed E-state index contributed by atoms with van der Waals surface area (Å²) in [5.41, 5.74) is 0.885. The molecule has 178 valence electrons. The molecule has 9 heteroatoms. The summed E-state index contributed by atoms with van der Waals surface area (Å²) >= 11 is 6.19. The van der Waals surface area contributed by atoms with Gasteiger partial charge in [0.2, 0.25) is 5.88 Å². The number of anilines is 1. The van der Waals surface area contributed by atoms with Crippen molar-refractivity contribution in [1.82, 2.24) is 14.9 Å². The van der Waals surface area contributed by atoms with E-state index < -0.39 is 11.4 Å². The number of pyridine rings is 2. The molecule has 0 N–H and O–H groups in total. The van der Waals surface area contributed by atoms with Crippen LogP contribution in [0.25, 0.3) is 10.8 Å². The molecular weight excluding hydrogens is 447 g/mol. The van der Waals surface area contributed by atoms with Gasteiger partial charge in [-0.2, -0.15) is 4.98 Å². The summed E-state index contributed by atoms with van der Waals surface area (Å²) in [4.78, 5) is 26.5. The predicted octanol–water partition coefficient (Wildman–Crippen LogP) is 5.17. The second-order valence-electron chi connectivity index (χ2n) is 10.3. The van der Waals surface area contributed by atoms with Gasteiger partial charge < -0.3 is 14.4 Å². The van der Waals surface area contributed by atoms with Crippen LogP contribution in [0.3, 0.4) is 0 Å². The van der Waals surface area contributed by atoms with E-state index in [-0.39, 0.29) is 35.5 Å². The van der Waals surface area contributed by atoms with E-state index in [1.54, 1.807) is 0 Å². The predicted molar refractivity (Wildman–Crippen MR) is 125 cm³/mol. The standard InChI is InChI=1S/C24H30ClFN4O3/c1-7-15-19-14-9-8-13(30(14)23(31)33-24(4,5)6)10-29(19)21-17-16(11(2)12(3)27-21)18(26)20(25)28-22(17)32-15/h13-15,19H,7-10H2,1-6H3/t13-,14+,15?,19+/m1/s1. The maximum absolute atomic E-state index is 15.2. The Morgan fingerprint density at radius 3 is 2.64 bits per heavy atom. The highest BCUT2D eigenvalue weighted by Crippen LogP contribution is 2.47. The lowest BCUT2D eigenvalue weighted by molar-refractivity contribution is -0.000571. The van der Waals surface area contributed by atoms with Gasteiger partial charge >= 0.3 is 6.09 Å². The van der Waals surface area contributed by atoms with Crippen LogP contribution in [0.15, 0.2) is 0 Å². The van der Waals surface area contributed by atoms with E-state index in [0.29, 0.717) is 35.4 Å². The lowest BCUT2D eigenvalue weighted by Gasteiger charge is -2.48. The van der Waals surface area contributed by atoms with E-state index in [1.807, 2.05) is 46.4 Å². The van der Waals surface area contributed by atoms with E-state index in [2.05, 4.69) is 9.88 Å². The molecule has 33 heavy (non-hydrogen) atoms. The summed E-state index contributed by atoms with van der Waals surface area (Å²) in [5, 5.41) is 0.764. The van der Waals surface area contributed by atoms with E-state index in [9.17, 15) is 4.79 Å². The van der Waals surface area contributed by atoms with Crippen molar-refractivity contribution in [3.8, 4) is 5.88 Å². The average Bonchev–Trinajstić information content (AvgIpc) is 2.98. The molecule has 3 aliphatic rings. The number of piperazine rings is 1. The molecule has 2 bridgehead atoms. The summed E-state index contributed by atoms with van der Waals surface area (Å²) in [5.74, 6) is 0.418. The SMILES string of the molecule is CCC1Oc2nc(Cl)c(F)c3c(C)c(C)nc(c23)N2C[C@H]3CC[C@@H]([C@@H]12)N3C(=O)OC(C)(C)C. The molecule has 0 spiro atoms. The Kier molecular flexibility index (Phi) is 5.16. The van der Waals surface area contributed by atoms with E-state index in [0.717, 1.165) is 24.1 Å². The minimum absolute atomic E-state index is 0.0104. The maximum atomic E-state index is 15.2. The number of hydrogen-bond donors (Lipinski definition) is 0. The van der Waals surface area contributed by atoms with E-state index >= 15 is 4.39 Å². The fourth-order valence-corrected chi connectivity index (χ4v) is 5.81. The Balaban J connectivity index is 1.68. The van der Waals surface area contributed by atoms with Crippen LogP contribution in [0, 0.1) is 19.7 Å². The molecule has 7 nitrogen and oxygen atoms in total. The van der Waals surface area contributed by atoms with Crippen LogP contribution in [-0.4, -0.2) is 57.3 Å². The Hall–Kier alpha value is -2.35. The third-order valence-electron chi connectivity index (χ3n) is 7.11. The van der Waals surface area contributed by atoms with Gasteiger partial charge in [0.15, 0.2) is 11.0 Å². The van der Waals surface area contributed by atoms with Gasteiger partial charge in [0.05, 0.1) is 23.5 Å². The quantitative estimate of drug-likeness (QED) is 0.529. The monoisotopic (exact) mass is 476 g/mol. The highest BCUT2D eigenvalue weighted by atomic mass is 35.5. The number of rotatable bonds is 1. The summed E-state index contributed by atoms with van der Waals surface area (Å²) in [7, 11) is 0. The minimum Gasteiger partial charge on any atom is -0.472 e. The number of ether oxygens (including phenoxy) is 2. The number of carbonyl (C=O) groups is 1. The number of carbonyl (C=O) groups excluding carboxylic acids is 1. The Morgan fingerprint density at radius 1 is 1.24 bits per heavy atom. The molecule has 2 aromatic heterocycles. The zero-order valence-corrected chi connectivity index (χ0v) is 20.7. The van der Waals surface area contributed by atoms with Gasteiger partial charge in [-0.3, -0.25) is 4.90 Å². The first kappa shape index (κ1) is 22.4. The summed E-state index contributed by atoms with van der Waals surface area (Å²) < 4.78 is 27.4. The number of hydrogen-bond acceptors (Lipinski definition) is 6. The van der Waals surface area contributed by atoms with Crippen LogP contribution in [0.4, 0.5) is 15.0 Å². The molecule has 2 saturated heterocycles. The molecule has 1 unspecified atom stereocenters. The van der Waals surface area contributed by atoms with E-state index in [4.69, 9.17) is 26.1 Å². The molecule has 0 aliphatic carbocycles. The van der Waals surface area contributed by atoms with Crippen molar-refractivity contribution >= 4 is 34.3 Å².